The molecule has 0 spiro atoms. The Morgan fingerprint density at radius 2 is 0.792 bits per heavy atom. The van der Waals surface area contributed by atoms with Crippen LogP contribution in [0.5, 0.6) is 0 Å². The molecule has 0 aliphatic rings. The second-order valence-electron chi connectivity index (χ2n) is 22.9. The molecule has 0 fully saturated rings. The highest BCUT2D eigenvalue weighted by atomic mass is 31.2. The number of nitrogens with zero attached hydrogens (tertiary/aromatic N) is 1. The van der Waals surface area contributed by atoms with Crippen molar-refractivity contribution in [1.29, 1.82) is 0 Å². The van der Waals surface area contributed by atoms with E-state index in [0.717, 1.165) is 89.9 Å². The summed E-state index contributed by atoms with van der Waals surface area (Å²) in [5.41, 5.74) is 0. The van der Waals surface area contributed by atoms with Gasteiger partial charge in [-0.15, -0.1) is 0 Å². The maximum absolute atomic E-state index is 13.6. The molecule has 0 saturated heterocycles. The Bertz CT molecular complexity index is 1550. The SMILES string of the molecule is CCCCC/C=C\C/C=C\C/C=C\CCCCCCC(=O)NC(COP(=O)(O)OCC[N+](C)(C)C)C(/C=C/CCCCCCCCCCCCC)OC(=O)CCCCCCCCCCCCC/C=C\C/C=C\CCCCC. The van der Waals surface area contributed by atoms with E-state index in [2.05, 4.69) is 86.8 Å². The number of amides is 1. The van der Waals surface area contributed by atoms with Gasteiger partial charge in [0.25, 0.3) is 0 Å². The number of allylic oxidation sites excluding steroid dienone is 11. The van der Waals surface area contributed by atoms with Gasteiger partial charge in [0.2, 0.25) is 5.91 Å². The van der Waals surface area contributed by atoms with Crippen LogP contribution < -0.4 is 5.32 Å². The molecule has 0 aliphatic heterocycles. The minimum atomic E-state index is -4.46. The summed E-state index contributed by atoms with van der Waals surface area (Å²) in [6.07, 6.45) is 73.2. The molecule has 0 aromatic rings. The summed E-state index contributed by atoms with van der Waals surface area (Å²) in [6.45, 7) is 6.96. The van der Waals surface area contributed by atoms with E-state index in [1.54, 1.807) is 0 Å². The van der Waals surface area contributed by atoms with Crippen LogP contribution in [0.2, 0.25) is 0 Å². The van der Waals surface area contributed by atoms with Gasteiger partial charge in [0.05, 0.1) is 33.8 Å². The molecular weight excluding hydrogens is 976 g/mol. The van der Waals surface area contributed by atoms with E-state index in [4.69, 9.17) is 13.8 Å². The molecular formula is C67H124N2O7P+. The van der Waals surface area contributed by atoms with E-state index < -0.39 is 20.0 Å². The fourth-order valence-corrected chi connectivity index (χ4v) is 9.83. The van der Waals surface area contributed by atoms with E-state index in [1.165, 1.54) is 167 Å². The number of ether oxygens (including phenoxy) is 1. The van der Waals surface area contributed by atoms with Gasteiger partial charge in [-0.1, -0.05) is 248 Å². The molecule has 0 aromatic heterocycles. The summed E-state index contributed by atoms with van der Waals surface area (Å²) in [5.74, 6) is -0.528. The number of esters is 1. The number of nitrogens with one attached hydrogen (secondary N) is 1. The van der Waals surface area contributed by atoms with Crippen molar-refractivity contribution in [2.75, 3.05) is 40.9 Å². The largest absolute Gasteiger partial charge is 0.472 e. The van der Waals surface area contributed by atoms with Crippen LogP contribution in [-0.2, 0) is 27.9 Å². The third-order valence-corrected chi connectivity index (χ3v) is 15.1. The standard InChI is InChI=1S/C67H123N2O7P/c1-7-10-13-16-19-22-25-28-30-32-33-34-35-37-39-42-45-48-51-54-57-60-67(71)76-65(58-55-52-49-46-43-40-27-24-21-18-15-12-9-3)64(63-75-77(72,73)74-62-61-69(4,5)6)68-66(70)59-56-53-50-47-44-41-38-36-31-29-26-23-20-17-14-11-8-2/h19-20,22-23,28-31,38,41,55,58,64-65H,7-18,21,24-27,32-37,39-40,42-54,56-57,59-63H2,1-6H3,(H-,68,70,72,73)/p+1/b22-19-,23-20-,30-28-,31-29-,41-38-,58-55+. The van der Waals surface area contributed by atoms with Crippen molar-refractivity contribution in [2.24, 2.45) is 0 Å². The average molecular weight is 1100 g/mol. The summed E-state index contributed by atoms with van der Waals surface area (Å²) in [5, 5.41) is 3.05. The Balaban J connectivity index is 5.27. The quantitative estimate of drug-likeness (QED) is 0.0205. The maximum Gasteiger partial charge on any atom is 0.472 e. The monoisotopic (exact) mass is 1100 g/mol. The Kier molecular flexibility index (Phi) is 54.8. The topological polar surface area (TPSA) is 111 Å². The molecule has 0 rings (SSSR count). The minimum absolute atomic E-state index is 0.0335. The van der Waals surface area contributed by atoms with Gasteiger partial charge < -0.3 is 19.4 Å². The molecule has 10 heteroatoms. The second-order valence-corrected chi connectivity index (χ2v) is 24.4. The fraction of sp³-hybridized carbons (Fsp3) is 0.791. The summed E-state index contributed by atoms with van der Waals surface area (Å²) in [4.78, 5) is 37.8. The number of phosphoric ester groups is 1. The maximum atomic E-state index is 13.6. The zero-order valence-corrected chi connectivity index (χ0v) is 52.1. The lowest BCUT2D eigenvalue weighted by atomic mass is 10.0. The Labute approximate surface area is 476 Å². The summed E-state index contributed by atoms with van der Waals surface area (Å²) in [7, 11) is 1.48. The molecule has 448 valence electrons. The Morgan fingerprint density at radius 3 is 1.21 bits per heavy atom. The van der Waals surface area contributed by atoms with Crippen molar-refractivity contribution >= 4 is 19.7 Å². The van der Waals surface area contributed by atoms with Gasteiger partial charge >= 0.3 is 13.8 Å². The predicted octanol–water partition coefficient (Wildman–Crippen LogP) is 20.0. The third kappa shape index (κ3) is 57.9. The van der Waals surface area contributed by atoms with Gasteiger partial charge in [-0.3, -0.25) is 18.6 Å². The van der Waals surface area contributed by atoms with Crippen molar-refractivity contribution in [3.63, 3.8) is 0 Å². The predicted molar refractivity (Wildman–Crippen MR) is 332 cm³/mol. The molecule has 0 heterocycles. The van der Waals surface area contributed by atoms with Crippen LogP contribution >= 0.6 is 7.82 Å². The third-order valence-electron chi connectivity index (χ3n) is 14.1. The van der Waals surface area contributed by atoms with Crippen LogP contribution in [0.25, 0.3) is 0 Å². The molecule has 0 saturated carbocycles. The van der Waals surface area contributed by atoms with Crippen LogP contribution in [0.4, 0.5) is 0 Å². The van der Waals surface area contributed by atoms with Crippen molar-refractivity contribution in [1.82, 2.24) is 5.32 Å². The molecule has 9 nitrogen and oxygen atoms in total. The first-order chi connectivity index (χ1) is 37.4. The van der Waals surface area contributed by atoms with Crippen molar-refractivity contribution in [2.45, 2.75) is 303 Å². The highest BCUT2D eigenvalue weighted by molar-refractivity contribution is 7.47. The van der Waals surface area contributed by atoms with Gasteiger partial charge in [-0.25, -0.2) is 4.57 Å². The molecule has 0 aromatic carbocycles. The number of hydrogen-bond donors (Lipinski definition) is 2. The van der Waals surface area contributed by atoms with E-state index in [9.17, 15) is 19.0 Å². The number of hydrogen-bond acceptors (Lipinski definition) is 6. The normalized spacial score (nSPS) is 14.1. The van der Waals surface area contributed by atoms with Crippen LogP contribution in [0.1, 0.15) is 290 Å². The van der Waals surface area contributed by atoms with Crippen molar-refractivity contribution in [3.8, 4) is 0 Å². The number of unbranched alkanes of at least 4 members (excludes halogenated alkanes) is 32. The Morgan fingerprint density at radius 1 is 0.455 bits per heavy atom. The zero-order chi connectivity index (χ0) is 56.4. The van der Waals surface area contributed by atoms with E-state index in [-0.39, 0.29) is 31.5 Å². The first-order valence-corrected chi connectivity index (χ1v) is 33.8. The molecule has 2 N–H and O–H groups in total. The molecule has 77 heavy (non-hydrogen) atoms. The lowest BCUT2D eigenvalue weighted by Gasteiger charge is -2.27. The minimum Gasteiger partial charge on any atom is -0.456 e. The van der Waals surface area contributed by atoms with Crippen LogP contribution in [0, 0.1) is 0 Å². The first kappa shape index (κ1) is 74.5. The average Bonchev–Trinajstić information content (AvgIpc) is 3.39. The van der Waals surface area contributed by atoms with Gasteiger partial charge in [-0.2, -0.15) is 0 Å². The van der Waals surface area contributed by atoms with Gasteiger partial charge in [0, 0.05) is 12.8 Å². The summed E-state index contributed by atoms with van der Waals surface area (Å²) in [6, 6.07) is -0.863. The molecule has 0 radical (unpaired) electrons. The molecule has 0 bridgehead atoms. The molecule has 3 unspecified atom stereocenters. The first-order valence-electron chi connectivity index (χ1n) is 32.3. The highest BCUT2D eigenvalue weighted by Gasteiger charge is 2.30. The van der Waals surface area contributed by atoms with E-state index >= 15 is 0 Å². The summed E-state index contributed by atoms with van der Waals surface area (Å²) >= 11 is 0. The fourth-order valence-electron chi connectivity index (χ4n) is 9.10. The Hall–Kier alpha value is -2.55. The number of phosphoric acid groups is 1. The van der Waals surface area contributed by atoms with Crippen LogP contribution in [0.15, 0.2) is 72.9 Å². The molecule has 1 amide bonds. The molecule has 0 aliphatic carbocycles. The number of quaternary nitrogens is 1. The number of likely N-dealkylation sites (N-methyl/N-ethyl adjacent to an activating group) is 1. The van der Waals surface area contributed by atoms with E-state index in [1.807, 2.05) is 33.3 Å². The number of carbonyl (C=O) groups is 2. The van der Waals surface area contributed by atoms with Gasteiger partial charge in [0.15, 0.2) is 0 Å². The number of carbonyl (C=O) groups excluding carboxylic acids is 2. The van der Waals surface area contributed by atoms with Crippen LogP contribution in [-0.4, -0.2) is 74.3 Å². The molecule has 3 atom stereocenters. The van der Waals surface area contributed by atoms with Crippen molar-refractivity contribution < 1.29 is 37.3 Å². The lowest BCUT2D eigenvalue weighted by Crippen LogP contribution is -2.47. The van der Waals surface area contributed by atoms with Crippen molar-refractivity contribution in [3.05, 3.63) is 72.9 Å². The lowest BCUT2D eigenvalue weighted by molar-refractivity contribution is -0.870. The van der Waals surface area contributed by atoms with Gasteiger partial charge in [0.1, 0.15) is 19.3 Å². The highest BCUT2D eigenvalue weighted by Crippen LogP contribution is 2.43. The van der Waals surface area contributed by atoms with Crippen LogP contribution in [0.3, 0.4) is 0 Å². The van der Waals surface area contributed by atoms with E-state index in [0.29, 0.717) is 17.4 Å². The smallest absolute Gasteiger partial charge is 0.456 e. The second kappa shape index (κ2) is 56.7. The summed E-state index contributed by atoms with van der Waals surface area (Å²) < 4.78 is 30.7. The van der Waals surface area contributed by atoms with Gasteiger partial charge in [-0.05, 0) is 102 Å². The zero-order valence-electron chi connectivity index (χ0n) is 51.2. The number of rotatable bonds is 58.